The van der Waals surface area contributed by atoms with Crippen LogP contribution in [0.4, 0.5) is 11.8 Å². The molecule has 3 rings (SSSR count). The molecule has 0 saturated carbocycles. The molecule has 0 atom stereocenters. The molecule has 1 aliphatic heterocycles. The predicted octanol–water partition coefficient (Wildman–Crippen LogP) is 3.95. The molecule has 1 aromatic heterocycles. The lowest BCUT2D eigenvalue weighted by Gasteiger charge is -2.22. The zero-order chi connectivity index (χ0) is 21.0. The average molecular weight is 512 g/mol. The van der Waals surface area contributed by atoms with Gasteiger partial charge in [-0.3, -0.25) is 4.79 Å². The highest BCUT2D eigenvalue weighted by Crippen LogP contribution is 2.38. The molecule has 0 aliphatic carbocycles. The molecule has 156 valence electrons. The topological polar surface area (TPSA) is 109 Å². The second-order valence-corrected chi connectivity index (χ2v) is 8.26. The number of nitrogens with one attached hydrogen (secondary N) is 1. The van der Waals surface area contributed by atoms with Crippen LogP contribution in [-0.2, 0) is 9.53 Å². The molecule has 0 radical (unpaired) electrons. The summed E-state index contributed by atoms with van der Waals surface area (Å²) in [6.45, 7) is 5.30. The normalized spacial score (nSPS) is 14.7. The molecule has 2 aromatic rings. The van der Waals surface area contributed by atoms with Gasteiger partial charge in [-0.15, -0.1) is 0 Å². The molecule has 8 nitrogen and oxygen atoms in total. The highest BCUT2D eigenvalue weighted by Gasteiger charge is 2.24. The van der Waals surface area contributed by atoms with E-state index in [-0.39, 0.29) is 29.5 Å². The molecular weight excluding hydrogens is 487 g/mol. The van der Waals surface area contributed by atoms with Crippen LogP contribution in [0.15, 0.2) is 18.3 Å². The van der Waals surface area contributed by atoms with Gasteiger partial charge < -0.3 is 25.3 Å². The van der Waals surface area contributed by atoms with E-state index in [1.807, 2.05) is 12.1 Å². The van der Waals surface area contributed by atoms with Crippen molar-refractivity contribution in [3.05, 3.63) is 27.5 Å². The number of ether oxygens (including phenoxy) is 3. The van der Waals surface area contributed by atoms with E-state index in [1.54, 1.807) is 7.11 Å². The highest BCUT2D eigenvalue weighted by molar-refractivity contribution is 14.1. The van der Waals surface area contributed by atoms with Crippen LogP contribution in [0.2, 0.25) is 0 Å². The standard InChI is InChI=1S/C20H25IN4O4/c1-11(2)13-8-16(27-3)14(21)9-15(13)29-17-10-23-20(22)25-18(17)24-19(26)12-4-6-28-7-5-12/h8-12H,4-7H2,1-3H3,(H3,22,23,24,25,26). The third-order valence-corrected chi connectivity index (χ3v) is 5.58. The zero-order valence-corrected chi connectivity index (χ0v) is 18.9. The van der Waals surface area contributed by atoms with Gasteiger partial charge in [0, 0.05) is 24.7 Å². The summed E-state index contributed by atoms with van der Waals surface area (Å²) in [5.74, 6) is 2.05. The van der Waals surface area contributed by atoms with Gasteiger partial charge in [0.2, 0.25) is 11.9 Å². The van der Waals surface area contributed by atoms with Crippen molar-refractivity contribution in [3.8, 4) is 17.2 Å². The minimum Gasteiger partial charge on any atom is -0.496 e. The number of halogens is 1. The van der Waals surface area contributed by atoms with Crippen LogP contribution < -0.4 is 20.5 Å². The first-order valence-electron chi connectivity index (χ1n) is 9.45. The molecule has 1 aliphatic rings. The summed E-state index contributed by atoms with van der Waals surface area (Å²) >= 11 is 2.19. The molecule has 3 N–H and O–H groups in total. The van der Waals surface area contributed by atoms with Gasteiger partial charge in [-0.25, -0.2) is 4.98 Å². The lowest BCUT2D eigenvalue weighted by atomic mass is 9.99. The van der Waals surface area contributed by atoms with Crippen molar-refractivity contribution >= 4 is 40.3 Å². The number of hydrogen-bond donors (Lipinski definition) is 2. The van der Waals surface area contributed by atoms with Crippen molar-refractivity contribution in [2.45, 2.75) is 32.6 Å². The molecule has 29 heavy (non-hydrogen) atoms. The maximum Gasteiger partial charge on any atom is 0.228 e. The van der Waals surface area contributed by atoms with Crippen LogP contribution in [0.5, 0.6) is 17.2 Å². The Balaban J connectivity index is 1.90. The second kappa shape index (κ2) is 9.57. The lowest BCUT2D eigenvalue weighted by Crippen LogP contribution is -2.29. The Bertz CT molecular complexity index is 885. The number of nitrogen functional groups attached to an aromatic ring is 1. The number of rotatable bonds is 6. The number of nitrogens with two attached hydrogens (primary N) is 1. The fraction of sp³-hybridized carbons (Fsp3) is 0.450. The van der Waals surface area contributed by atoms with E-state index in [4.69, 9.17) is 19.9 Å². The molecule has 0 bridgehead atoms. The Morgan fingerprint density at radius 2 is 2.00 bits per heavy atom. The maximum absolute atomic E-state index is 12.7. The first-order chi connectivity index (χ1) is 13.9. The number of carbonyl (C=O) groups excluding carboxylic acids is 1. The summed E-state index contributed by atoms with van der Waals surface area (Å²) in [7, 11) is 1.64. The molecule has 1 fully saturated rings. The zero-order valence-electron chi connectivity index (χ0n) is 16.7. The van der Waals surface area contributed by atoms with Gasteiger partial charge >= 0.3 is 0 Å². The number of methoxy groups -OCH3 is 1. The summed E-state index contributed by atoms with van der Waals surface area (Å²) in [5.41, 5.74) is 6.72. The van der Waals surface area contributed by atoms with Crippen LogP contribution >= 0.6 is 22.6 Å². The Morgan fingerprint density at radius 3 is 2.66 bits per heavy atom. The van der Waals surface area contributed by atoms with Crippen LogP contribution in [0.1, 0.15) is 38.2 Å². The van der Waals surface area contributed by atoms with E-state index in [1.165, 1.54) is 6.20 Å². The highest BCUT2D eigenvalue weighted by atomic mass is 127. The summed E-state index contributed by atoms with van der Waals surface area (Å²) in [5, 5.41) is 2.85. The number of carbonyl (C=O) groups is 1. The van der Waals surface area contributed by atoms with Gasteiger partial charge in [0.15, 0.2) is 11.6 Å². The first kappa shape index (κ1) is 21.6. The van der Waals surface area contributed by atoms with E-state index >= 15 is 0 Å². The van der Waals surface area contributed by atoms with Crippen molar-refractivity contribution in [2.75, 3.05) is 31.4 Å². The van der Waals surface area contributed by atoms with Crippen molar-refractivity contribution < 1.29 is 19.0 Å². The molecule has 9 heteroatoms. The molecular formula is C20H25IN4O4. The molecule has 2 heterocycles. The van der Waals surface area contributed by atoms with Gasteiger partial charge in [-0.1, -0.05) is 13.8 Å². The van der Waals surface area contributed by atoms with E-state index in [2.05, 4.69) is 51.7 Å². The van der Waals surface area contributed by atoms with Crippen LogP contribution in [-0.4, -0.2) is 36.2 Å². The van der Waals surface area contributed by atoms with Crippen molar-refractivity contribution in [3.63, 3.8) is 0 Å². The smallest absolute Gasteiger partial charge is 0.228 e. The third kappa shape index (κ3) is 5.27. The number of benzene rings is 1. The Morgan fingerprint density at radius 1 is 1.28 bits per heavy atom. The lowest BCUT2D eigenvalue weighted by molar-refractivity contribution is -0.122. The van der Waals surface area contributed by atoms with Crippen molar-refractivity contribution in [1.29, 1.82) is 0 Å². The fourth-order valence-electron chi connectivity index (χ4n) is 3.09. The van der Waals surface area contributed by atoms with Crippen molar-refractivity contribution in [1.82, 2.24) is 9.97 Å². The van der Waals surface area contributed by atoms with Gasteiger partial charge in [0.05, 0.1) is 16.9 Å². The molecule has 0 unspecified atom stereocenters. The quantitative estimate of drug-likeness (QED) is 0.565. The first-order valence-corrected chi connectivity index (χ1v) is 10.5. The summed E-state index contributed by atoms with van der Waals surface area (Å²) in [6, 6.07) is 3.86. The van der Waals surface area contributed by atoms with Crippen LogP contribution in [0.25, 0.3) is 0 Å². The van der Waals surface area contributed by atoms with E-state index in [0.29, 0.717) is 37.6 Å². The Hall–Kier alpha value is -2.14. The van der Waals surface area contributed by atoms with Gasteiger partial charge in [0.1, 0.15) is 11.5 Å². The van der Waals surface area contributed by atoms with Gasteiger partial charge in [0.25, 0.3) is 0 Å². The Labute approximate surface area is 183 Å². The van der Waals surface area contributed by atoms with E-state index in [9.17, 15) is 4.79 Å². The average Bonchev–Trinajstić information content (AvgIpc) is 2.70. The SMILES string of the molecule is COc1cc(C(C)C)c(Oc2cnc(N)nc2NC(=O)C2CCOCC2)cc1I. The number of amides is 1. The van der Waals surface area contributed by atoms with Crippen molar-refractivity contribution in [2.24, 2.45) is 5.92 Å². The maximum atomic E-state index is 12.7. The predicted molar refractivity (Wildman–Crippen MR) is 118 cm³/mol. The number of anilines is 2. The summed E-state index contributed by atoms with van der Waals surface area (Å²) in [4.78, 5) is 20.9. The molecule has 1 aromatic carbocycles. The minimum absolute atomic E-state index is 0.0630. The fourth-order valence-corrected chi connectivity index (χ4v) is 3.75. The van der Waals surface area contributed by atoms with E-state index < -0.39 is 0 Å². The molecule has 0 spiro atoms. The minimum atomic E-state index is -0.124. The molecule has 1 saturated heterocycles. The Kier molecular flexibility index (Phi) is 7.12. The summed E-state index contributed by atoms with van der Waals surface area (Å²) in [6.07, 6.45) is 2.83. The monoisotopic (exact) mass is 512 g/mol. The number of hydrogen-bond acceptors (Lipinski definition) is 7. The third-order valence-electron chi connectivity index (χ3n) is 4.73. The number of nitrogens with zero attached hydrogens (tertiary/aromatic N) is 2. The second-order valence-electron chi connectivity index (χ2n) is 7.10. The van der Waals surface area contributed by atoms with Crippen LogP contribution in [0, 0.1) is 9.49 Å². The van der Waals surface area contributed by atoms with Gasteiger partial charge in [-0.05, 0) is 53.5 Å². The molecule has 1 amide bonds. The van der Waals surface area contributed by atoms with E-state index in [0.717, 1.165) is 14.9 Å². The summed E-state index contributed by atoms with van der Waals surface area (Å²) < 4.78 is 17.8. The largest absolute Gasteiger partial charge is 0.496 e. The number of aromatic nitrogens is 2. The van der Waals surface area contributed by atoms with Crippen LogP contribution in [0.3, 0.4) is 0 Å². The van der Waals surface area contributed by atoms with Gasteiger partial charge in [-0.2, -0.15) is 4.98 Å².